The van der Waals surface area contributed by atoms with Crippen LogP contribution in [0.4, 0.5) is 0 Å². The van der Waals surface area contributed by atoms with Gasteiger partial charge in [-0.15, -0.1) is 0 Å². The Morgan fingerprint density at radius 2 is 2.10 bits per heavy atom. The lowest BCUT2D eigenvalue weighted by Gasteiger charge is -2.48. The van der Waals surface area contributed by atoms with Gasteiger partial charge in [-0.2, -0.15) is 5.10 Å². The fraction of sp³-hybridized carbons (Fsp3) is 0.800. The third-order valence-electron chi connectivity index (χ3n) is 5.14. The van der Waals surface area contributed by atoms with Gasteiger partial charge < -0.3 is 4.74 Å². The summed E-state index contributed by atoms with van der Waals surface area (Å²) in [5.74, 6) is 5.96. The SMILES string of the molecule is Cn1ccc(CC(NN)C2(N3CCOCC3)CCCC2)n1. The Balaban J connectivity index is 1.79. The first-order chi connectivity index (χ1) is 10.2. The molecule has 1 saturated heterocycles. The highest BCUT2D eigenvalue weighted by Crippen LogP contribution is 2.39. The number of rotatable bonds is 5. The number of nitrogens with one attached hydrogen (secondary N) is 1. The van der Waals surface area contributed by atoms with Crippen LogP contribution in [0.1, 0.15) is 31.4 Å². The standard InChI is InChI=1S/C15H27N5O/c1-19-7-4-13(18-19)12-14(17-16)15(5-2-3-6-15)20-8-10-21-11-9-20/h4,7,14,17H,2-3,5-6,8-12,16H2,1H3. The number of aromatic nitrogens is 2. The predicted octanol–water partition coefficient (Wildman–Crippen LogP) is 0.440. The lowest BCUT2D eigenvalue weighted by Crippen LogP contribution is -2.64. The second-order valence-electron chi connectivity index (χ2n) is 6.31. The number of nitrogens with two attached hydrogens (primary N) is 1. The molecule has 3 N–H and O–H groups in total. The minimum absolute atomic E-state index is 0.163. The van der Waals surface area contributed by atoms with E-state index in [1.807, 2.05) is 17.9 Å². The minimum atomic E-state index is 0.163. The maximum Gasteiger partial charge on any atom is 0.0641 e. The molecule has 21 heavy (non-hydrogen) atoms. The molecule has 1 atom stereocenters. The van der Waals surface area contributed by atoms with E-state index in [-0.39, 0.29) is 11.6 Å². The summed E-state index contributed by atoms with van der Waals surface area (Å²) in [5.41, 5.74) is 4.38. The first-order valence-electron chi connectivity index (χ1n) is 8.02. The van der Waals surface area contributed by atoms with Crippen LogP contribution in [0.2, 0.25) is 0 Å². The molecule has 1 aliphatic carbocycles. The highest BCUT2D eigenvalue weighted by atomic mass is 16.5. The Morgan fingerprint density at radius 3 is 2.67 bits per heavy atom. The van der Waals surface area contributed by atoms with Gasteiger partial charge in [0.2, 0.25) is 0 Å². The van der Waals surface area contributed by atoms with Gasteiger partial charge in [-0.3, -0.25) is 20.9 Å². The van der Waals surface area contributed by atoms with Gasteiger partial charge in [-0.05, 0) is 18.9 Å². The van der Waals surface area contributed by atoms with Crippen molar-refractivity contribution in [1.29, 1.82) is 0 Å². The van der Waals surface area contributed by atoms with E-state index in [0.29, 0.717) is 0 Å². The van der Waals surface area contributed by atoms with E-state index in [1.165, 1.54) is 25.7 Å². The van der Waals surface area contributed by atoms with Crippen LogP contribution in [0.5, 0.6) is 0 Å². The van der Waals surface area contributed by atoms with Gasteiger partial charge in [0.25, 0.3) is 0 Å². The largest absolute Gasteiger partial charge is 0.379 e. The van der Waals surface area contributed by atoms with Crippen molar-refractivity contribution in [2.24, 2.45) is 12.9 Å². The summed E-state index contributed by atoms with van der Waals surface area (Å²) < 4.78 is 7.39. The number of ether oxygens (including phenoxy) is 1. The van der Waals surface area contributed by atoms with Crippen LogP contribution < -0.4 is 11.3 Å². The fourth-order valence-corrected chi connectivity index (χ4v) is 4.07. The summed E-state index contributed by atoms with van der Waals surface area (Å²) in [5, 5.41) is 4.52. The summed E-state index contributed by atoms with van der Waals surface area (Å²) >= 11 is 0. The average molecular weight is 293 g/mol. The second-order valence-corrected chi connectivity index (χ2v) is 6.31. The molecule has 1 unspecified atom stereocenters. The Morgan fingerprint density at radius 1 is 1.38 bits per heavy atom. The van der Waals surface area contributed by atoms with E-state index < -0.39 is 0 Å². The quantitative estimate of drug-likeness (QED) is 0.609. The molecule has 0 amide bonds. The number of hydrogen-bond acceptors (Lipinski definition) is 5. The van der Waals surface area contributed by atoms with E-state index in [9.17, 15) is 0 Å². The normalized spacial score (nSPS) is 24.3. The molecule has 1 aliphatic heterocycles. The maximum atomic E-state index is 5.96. The van der Waals surface area contributed by atoms with Gasteiger partial charge in [0.15, 0.2) is 0 Å². The van der Waals surface area contributed by atoms with Gasteiger partial charge in [0.1, 0.15) is 0 Å². The van der Waals surface area contributed by atoms with Crippen molar-refractivity contribution in [3.63, 3.8) is 0 Å². The molecule has 6 nitrogen and oxygen atoms in total. The molecule has 0 radical (unpaired) electrons. The Labute approximate surface area is 126 Å². The van der Waals surface area contributed by atoms with E-state index in [0.717, 1.165) is 38.4 Å². The molecule has 0 spiro atoms. The molecule has 1 saturated carbocycles. The Hall–Kier alpha value is -0.950. The second kappa shape index (κ2) is 6.44. The van der Waals surface area contributed by atoms with Crippen molar-refractivity contribution in [3.05, 3.63) is 18.0 Å². The zero-order valence-electron chi connectivity index (χ0n) is 12.9. The van der Waals surface area contributed by atoms with Crippen molar-refractivity contribution in [2.75, 3.05) is 26.3 Å². The molecular formula is C15H27N5O. The zero-order chi connectivity index (χ0) is 14.7. The fourth-order valence-electron chi connectivity index (χ4n) is 4.07. The molecule has 6 heteroatoms. The van der Waals surface area contributed by atoms with Gasteiger partial charge in [0.05, 0.1) is 18.9 Å². The van der Waals surface area contributed by atoms with Crippen molar-refractivity contribution < 1.29 is 4.74 Å². The van der Waals surface area contributed by atoms with Crippen molar-refractivity contribution in [2.45, 2.75) is 43.7 Å². The Bertz CT molecular complexity index is 449. The van der Waals surface area contributed by atoms with Crippen LogP contribution >= 0.6 is 0 Å². The Kier molecular flexibility index (Phi) is 4.59. The van der Waals surface area contributed by atoms with Gasteiger partial charge in [-0.25, -0.2) is 0 Å². The molecule has 1 aromatic heterocycles. The van der Waals surface area contributed by atoms with E-state index in [2.05, 4.69) is 21.5 Å². The lowest BCUT2D eigenvalue weighted by atomic mass is 9.83. The van der Waals surface area contributed by atoms with E-state index in [1.54, 1.807) is 0 Å². The number of morpholine rings is 1. The predicted molar refractivity (Wildman–Crippen MR) is 81.6 cm³/mol. The van der Waals surface area contributed by atoms with Crippen molar-refractivity contribution in [3.8, 4) is 0 Å². The average Bonchev–Trinajstić information content (AvgIpc) is 3.15. The number of aryl methyl sites for hydroxylation is 1. The summed E-state index contributed by atoms with van der Waals surface area (Å²) in [6.07, 6.45) is 7.90. The van der Waals surface area contributed by atoms with Crippen LogP contribution in [-0.2, 0) is 18.2 Å². The van der Waals surface area contributed by atoms with Crippen molar-refractivity contribution >= 4 is 0 Å². The number of hydrazine groups is 1. The van der Waals surface area contributed by atoms with Crippen LogP contribution in [0.15, 0.2) is 12.3 Å². The molecule has 2 heterocycles. The number of nitrogens with zero attached hydrogens (tertiary/aromatic N) is 3. The van der Waals surface area contributed by atoms with Crippen LogP contribution in [-0.4, -0.2) is 52.6 Å². The first-order valence-corrected chi connectivity index (χ1v) is 8.02. The first kappa shape index (κ1) is 15.0. The highest BCUT2D eigenvalue weighted by Gasteiger charge is 2.46. The molecule has 0 aromatic carbocycles. The third-order valence-corrected chi connectivity index (χ3v) is 5.14. The van der Waals surface area contributed by atoms with Crippen LogP contribution in [0.25, 0.3) is 0 Å². The molecule has 0 bridgehead atoms. The molecule has 118 valence electrons. The van der Waals surface area contributed by atoms with Crippen LogP contribution in [0.3, 0.4) is 0 Å². The van der Waals surface area contributed by atoms with E-state index >= 15 is 0 Å². The zero-order valence-corrected chi connectivity index (χ0v) is 12.9. The van der Waals surface area contributed by atoms with Gasteiger partial charge in [0, 0.05) is 44.3 Å². The lowest BCUT2D eigenvalue weighted by molar-refractivity contribution is -0.0358. The maximum absolute atomic E-state index is 5.96. The third kappa shape index (κ3) is 2.99. The molecule has 3 rings (SSSR count). The molecule has 1 aromatic rings. The van der Waals surface area contributed by atoms with Crippen molar-refractivity contribution in [1.82, 2.24) is 20.1 Å². The summed E-state index contributed by atoms with van der Waals surface area (Å²) in [7, 11) is 1.96. The molecule has 2 aliphatic rings. The summed E-state index contributed by atoms with van der Waals surface area (Å²) in [6, 6.07) is 2.33. The summed E-state index contributed by atoms with van der Waals surface area (Å²) in [6.45, 7) is 3.70. The van der Waals surface area contributed by atoms with E-state index in [4.69, 9.17) is 10.6 Å². The van der Waals surface area contributed by atoms with Crippen LogP contribution in [0, 0.1) is 0 Å². The minimum Gasteiger partial charge on any atom is -0.379 e. The summed E-state index contributed by atoms with van der Waals surface area (Å²) in [4.78, 5) is 2.61. The molecule has 2 fully saturated rings. The van der Waals surface area contributed by atoms with Gasteiger partial charge >= 0.3 is 0 Å². The number of hydrogen-bond donors (Lipinski definition) is 2. The highest BCUT2D eigenvalue weighted by molar-refractivity contribution is 5.10. The monoisotopic (exact) mass is 293 g/mol. The van der Waals surface area contributed by atoms with Gasteiger partial charge in [-0.1, -0.05) is 12.8 Å². The topological polar surface area (TPSA) is 68.3 Å². The smallest absolute Gasteiger partial charge is 0.0641 e. The molecular weight excluding hydrogens is 266 g/mol.